The van der Waals surface area contributed by atoms with E-state index in [0.29, 0.717) is 24.5 Å². The topological polar surface area (TPSA) is 106 Å². The minimum absolute atomic E-state index is 0.0267. The van der Waals surface area contributed by atoms with Gasteiger partial charge in [0.2, 0.25) is 5.91 Å². The minimum atomic E-state index is -1.15. The van der Waals surface area contributed by atoms with Gasteiger partial charge in [-0.15, -0.1) is 0 Å². The van der Waals surface area contributed by atoms with Crippen molar-refractivity contribution >= 4 is 29.3 Å². The summed E-state index contributed by atoms with van der Waals surface area (Å²) in [5.74, 6) is -0.441. The van der Waals surface area contributed by atoms with Crippen molar-refractivity contribution in [1.82, 2.24) is 25.1 Å². The van der Waals surface area contributed by atoms with Crippen LogP contribution in [0.3, 0.4) is 0 Å². The van der Waals surface area contributed by atoms with Gasteiger partial charge in [-0.25, -0.2) is 4.98 Å². The second-order valence-electron chi connectivity index (χ2n) is 9.11. The lowest BCUT2D eigenvalue weighted by Gasteiger charge is -2.43. The summed E-state index contributed by atoms with van der Waals surface area (Å²) in [4.78, 5) is 45.9. The minimum Gasteiger partial charge on any atom is -0.497 e. The Balaban J connectivity index is 1.53. The third-order valence-corrected chi connectivity index (χ3v) is 6.89. The maximum absolute atomic E-state index is 13.7. The summed E-state index contributed by atoms with van der Waals surface area (Å²) in [5, 5.41) is 6.29. The van der Waals surface area contributed by atoms with Gasteiger partial charge in [0.15, 0.2) is 5.69 Å². The Morgan fingerprint density at radius 1 is 1.11 bits per heavy atom. The van der Waals surface area contributed by atoms with Crippen molar-refractivity contribution in [1.29, 1.82) is 0 Å². The SMILES string of the molecule is CCCN1C(=O)c2c(C(=O)NCc3ccccc3Cl)ncn2C[C@@]1(C)C(=O)NCc1ccc(OC)cc1. The number of amides is 3. The van der Waals surface area contributed by atoms with E-state index < -0.39 is 17.4 Å². The fraction of sp³-hybridized carbons (Fsp3) is 0.333. The van der Waals surface area contributed by atoms with Crippen molar-refractivity contribution < 1.29 is 19.1 Å². The Hall–Kier alpha value is -3.85. The quantitative estimate of drug-likeness (QED) is 0.447. The van der Waals surface area contributed by atoms with Crippen molar-refractivity contribution in [2.45, 2.75) is 45.4 Å². The highest BCUT2D eigenvalue weighted by atomic mass is 35.5. The second-order valence-corrected chi connectivity index (χ2v) is 9.51. The molecule has 4 rings (SSSR count). The fourth-order valence-electron chi connectivity index (χ4n) is 4.44. The molecular weight excluding hydrogens is 494 g/mol. The monoisotopic (exact) mass is 523 g/mol. The Bertz CT molecular complexity index is 1310. The van der Waals surface area contributed by atoms with Crippen LogP contribution in [0, 0.1) is 0 Å². The Labute approximate surface area is 220 Å². The highest BCUT2D eigenvalue weighted by molar-refractivity contribution is 6.31. The molecule has 0 fully saturated rings. The Kier molecular flexibility index (Phi) is 7.83. The van der Waals surface area contributed by atoms with Crippen molar-refractivity contribution in [2.75, 3.05) is 13.7 Å². The smallest absolute Gasteiger partial charge is 0.273 e. The van der Waals surface area contributed by atoms with Gasteiger partial charge in [-0.3, -0.25) is 14.4 Å². The molecule has 3 aromatic rings. The van der Waals surface area contributed by atoms with Crippen molar-refractivity contribution in [3.63, 3.8) is 0 Å². The molecule has 10 heteroatoms. The van der Waals surface area contributed by atoms with Crippen LogP contribution in [0.25, 0.3) is 0 Å². The lowest BCUT2D eigenvalue weighted by Crippen LogP contribution is -2.64. The molecule has 0 bridgehead atoms. The van der Waals surface area contributed by atoms with E-state index in [0.717, 1.165) is 16.9 Å². The van der Waals surface area contributed by atoms with Gasteiger partial charge >= 0.3 is 0 Å². The zero-order valence-corrected chi connectivity index (χ0v) is 21.8. The van der Waals surface area contributed by atoms with Crippen LogP contribution < -0.4 is 15.4 Å². The molecule has 1 aliphatic heterocycles. The number of methoxy groups -OCH3 is 1. The van der Waals surface area contributed by atoms with Gasteiger partial charge in [-0.1, -0.05) is 48.9 Å². The molecule has 0 saturated carbocycles. The molecular formula is C27H30ClN5O4. The van der Waals surface area contributed by atoms with E-state index in [4.69, 9.17) is 16.3 Å². The lowest BCUT2D eigenvalue weighted by atomic mass is 9.93. The molecule has 1 aliphatic rings. The Morgan fingerprint density at radius 2 is 1.84 bits per heavy atom. The molecule has 37 heavy (non-hydrogen) atoms. The molecule has 2 heterocycles. The largest absolute Gasteiger partial charge is 0.497 e. The third kappa shape index (κ3) is 5.32. The highest BCUT2D eigenvalue weighted by Gasteiger charge is 2.48. The number of hydrogen-bond acceptors (Lipinski definition) is 5. The molecule has 0 saturated heterocycles. The third-order valence-electron chi connectivity index (χ3n) is 6.52. The number of nitrogens with zero attached hydrogens (tertiary/aromatic N) is 3. The van der Waals surface area contributed by atoms with Gasteiger partial charge < -0.3 is 24.8 Å². The predicted octanol–water partition coefficient (Wildman–Crippen LogP) is 3.42. The molecule has 0 unspecified atom stereocenters. The Morgan fingerprint density at radius 3 is 2.51 bits per heavy atom. The van der Waals surface area contributed by atoms with Gasteiger partial charge in [-0.05, 0) is 42.7 Å². The number of hydrogen-bond donors (Lipinski definition) is 2. The summed E-state index contributed by atoms with van der Waals surface area (Å²) in [5.41, 5.74) is 0.705. The number of nitrogens with one attached hydrogen (secondary N) is 2. The molecule has 1 atom stereocenters. The number of benzene rings is 2. The molecule has 0 spiro atoms. The number of carbonyl (C=O) groups is 3. The van der Waals surface area contributed by atoms with Crippen molar-refractivity contribution in [3.8, 4) is 5.75 Å². The summed E-state index contributed by atoms with van der Waals surface area (Å²) >= 11 is 6.19. The molecule has 1 aromatic heterocycles. The number of rotatable bonds is 9. The van der Waals surface area contributed by atoms with E-state index in [-0.39, 0.29) is 30.4 Å². The maximum Gasteiger partial charge on any atom is 0.273 e. The zero-order chi connectivity index (χ0) is 26.6. The highest BCUT2D eigenvalue weighted by Crippen LogP contribution is 2.29. The number of ether oxygens (including phenoxy) is 1. The van der Waals surface area contributed by atoms with E-state index in [1.165, 1.54) is 11.2 Å². The number of imidazole rings is 1. The van der Waals surface area contributed by atoms with E-state index in [2.05, 4.69) is 15.6 Å². The normalized spacial score (nSPS) is 16.8. The molecule has 2 N–H and O–H groups in total. The number of fused-ring (bicyclic) bond motifs is 1. The van der Waals surface area contributed by atoms with E-state index in [1.807, 2.05) is 49.4 Å². The first-order valence-corrected chi connectivity index (χ1v) is 12.5. The maximum atomic E-state index is 13.7. The second kappa shape index (κ2) is 11.0. The van der Waals surface area contributed by atoms with Crippen LogP contribution >= 0.6 is 11.6 Å². The van der Waals surface area contributed by atoms with E-state index in [1.54, 1.807) is 24.7 Å². The van der Waals surface area contributed by atoms with Crippen LogP contribution in [0.1, 0.15) is 52.4 Å². The van der Waals surface area contributed by atoms with Gasteiger partial charge in [0, 0.05) is 24.7 Å². The molecule has 2 aromatic carbocycles. The van der Waals surface area contributed by atoms with Gasteiger partial charge in [0.05, 0.1) is 20.0 Å². The van der Waals surface area contributed by atoms with Crippen molar-refractivity contribution in [3.05, 3.63) is 82.4 Å². The van der Waals surface area contributed by atoms with Crippen LogP contribution in [0.15, 0.2) is 54.9 Å². The average Bonchev–Trinajstić information content (AvgIpc) is 3.33. The lowest BCUT2D eigenvalue weighted by molar-refractivity contribution is -0.133. The van der Waals surface area contributed by atoms with E-state index in [9.17, 15) is 14.4 Å². The van der Waals surface area contributed by atoms with Crippen molar-refractivity contribution in [2.24, 2.45) is 0 Å². The summed E-state index contributed by atoms with van der Waals surface area (Å²) in [6.45, 7) is 4.71. The first kappa shape index (κ1) is 26.2. The van der Waals surface area contributed by atoms with E-state index >= 15 is 0 Å². The molecule has 0 aliphatic carbocycles. The summed E-state index contributed by atoms with van der Waals surface area (Å²) < 4.78 is 6.77. The van der Waals surface area contributed by atoms with Gasteiger partial charge in [0.1, 0.15) is 17.0 Å². The summed E-state index contributed by atoms with van der Waals surface area (Å²) in [6, 6.07) is 14.6. The van der Waals surface area contributed by atoms with Crippen LogP contribution in [0.2, 0.25) is 5.02 Å². The average molecular weight is 524 g/mol. The molecule has 9 nitrogen and oxygen atoms in total. The number of carbonyl (C=O) groups excluding carboxylic acids is 3. The van der Waals surface area contributed by atoms with Crippen LogP contribution in [-0.2, 0) is 24.4 Å². The zero-order valence-electron chi connectivity index (χ0n) is 21.1. The standard InChI is InChI=1S/C27H30ClN5O4/c1-4-13-33-25(35)23-22(24(34)29-15-19-7-5-6-8-21(19)28)31-17-32(23)16-27(33,2)26(36)30-14-18-9-11-20(37-3)12-10-18/h5-12,17H,4,13-16H2,1-3H3,(H,29,34)(H,30,36)/t27-/m0/s1. The predicted molar refractivity (Wildman–Crippen MR) is 139 cm³/mol. The van der Waals surface area contributed by atoms with Gasteiger partial charge in [0.25, 0.3) is 11.8 Å². The van der Waals surface area contributed by atoms with Crippen LogP contribution in [0.4, 0.5) is 0 Å². The molecule has 0 radical (unpaired) electrons. The number of aromatic nitrogens is 2. The first-order valence-electron chi connectivity index (χ1n) is 12.1. The molecule has 3 amide bonds. The van der Waals surface area contributed by atoms with Crippen LogP contribution in [-0.4, -0.2) is 51.4 Å². The summed E-state index contributed by atoms with van der Waals surface area (Å²) in [6.07, 6.45) is 2.09. The first-order chi connectivity index (χ1) is 17.8. The fourth-order valence-corrected chi connectivity index (χ4v) is 4.65. The molecule has 194 valence electrons. The van der Waals surface area contributed by atoms with Gasteiger partial charge in [-0.2, -0.15) is 0 Å². The van der Waals surface area contributed by atoms with Crippen LogP contribution in [0.5, 0.6) is 5.75 Å². The number of halogens is 1. The summed E-state index contributed by atoms with van der Waals surface area (Å²) in [7, 11) is 1.60.